The molecule has 0 bridgehead atoms. The monoisotopic (exact) mass is 294 g/mol. The number of carbonyl (C=O) groups is 1. The van der Waals surface area contributed by atoms with Crippen LogP contribution in [0.3, 0.4) is 0 Å². The highest BCUT2D eigenvalue weighted by molar-refractivity contribution is 7.99. The summed E-state index contributed by atoms with van der Waals surface area (Å²) in [6.07, 6.45) is 2.93. The lowest BCUT2D eigenvalue weighted by Crippen LogP contribution is -2.19. The molecule has 3 N–H and O–H groups in total. The molecule has 1 fully saturated rings. The number of rotatable bonds is 4. The van der Waals surface area contributed by atoms with Crippen LogP contribution >= 0.6 is 24.0 Å². The van der Waals surface area contributed by atoms with Gasteiger partial charge in [0.05, 0.1) is 0 Å². The topological polar surface area (TPSA) is 55.1 Å². The highest BCUT2D eigenvalue weighted by atomic mass is 32.2. The molecule has 1 saturated heterocycles. The van der Waals surface area contributed by atoms with Gasteiger partial charge in [0.15, 0.2) is 0 Å². The third-order valence-corrected chi connectivity index (χ3v) is 4.55. The van der Waals surface area contributed by atoms with Gasteiger partial charge in [0.2, 0.25) is 5.91 Å². The fourth-order valence-corrected chi connectivity index (χ4v) is 3.48. The molecule has 1 heterocycles. The first-order chi connectivity index (χ1) is 9.15. The lowest BCUT2D eigenvalue weighted by Gasteiger charge is -2.20. The summed E-state index contributed by atoms with van der Waals surface area (Å²) in [4.78, 5) is 12.3. The second kappa shape index (κ2) is 6.91. The van der Waals surface area contributed by atoms with Crippen molar-refractivity contribution in [3.8, 4) is 0 Å². The Labute approximate surface area is 123 Å². The van der Waals surface area contributed by atoms with E-state index in [1.54, 1.807) is 0 Å². The van der Waals surface area contributed by atoms with Crippen LogP contribution < -0.4 is 11.1 Å². The van der Waals surface area contributed by atoms with E-state index in [0.717, 1.165) is 24.1 Å². The number of thiocarbonyl (C=S) groups is 1. The quantitative estimate of drug-likeness (QED) is 0.839. The number of thioether (sulfide) groups is 1. The summed E-state index contributed by atoms with van der Waals surface area (Å²) in [7, 11) is 0. The van der Waals surface area contributed by atoms with Gasteiger partial charge in [-0.2, -0.15) is 11.8 Å². The zero-order valence-electron chi connectivity index (χ0n) is 10.7. The minimum atomic E-state index is 0.0972. The minimum absolute atomic E-state index is 0.0972. The SMILES string of the molecule is NC(=S)c1ccc(NC(=O)CC2CCSCC2)cc1. The summed E-state index contributed by atoms with van der Waals surface area (Å²) in [5, 5.41) is 2.93. The molecule has 19 heavy (non-hydrogen) atoms. The smallest absolute Gasteiger partial charge is 0.224 e. The number of nitrogens with two attached hydrogens (primary N) is 1. The summed E-state index contributed by atoms with van der Waals surface area (Å²) in [5.74, 6) is 3.00. The number of nitrogens with one attached hydrogen (secondary N) is 1. The first kappa shape index (κ1) is 14.3. The van der Waals surface area contributed by atoms with Crippen molar-refractivity contribution in [3.63, 3.8) is 0 Å². The third-order valence-electron chi connectivity index (χ3n) is 3.27. The molecule has 102 valence electrons. The van der Waals surface area contributed by atoms with Crippen molar-refractivity contribution in [3.05, 3.63) is 29.8 Å². The second-order valence-corrected chi connectivity index (χ2v) is 6.41. The molecule has 0 atom stereocenters. The van der Waals surface area contributed by atoms with Crippen molar-refractivity contribution < 1.29 is 4.79 Å². The van der Waals surface area contributed by atoms with E-state index < -0.39 is 0 Å². The van der Waals surface area contributed by atoms with E-state index in [1.807, 2.05) is 36.0 Å². The van der Waals surface area contributed by atoms with Crippen molar-refractivity contribution in [1.82, 2.24) is 0 Å². The van der Waals surface area contributed by atoms with E-state index in [2.05, 4.69) is 5.32 Å². The molecule has 1 aliphatic heterocycles. The van der Waals surface area contributed by atoms with Crippen LogP contribution in [0.25, 0.3) is 0 Å². The fourth-order valence-electron chi connectivity index (χ4n) is 2.14. The molecule has 1 aliphatic rings. The Morgan fingerprint density at radius 1 is 1.32 bits per heavy atom. The van der Waals surface area contributed by atoms with Gasteiger partial charge in [-0.05, 0) is 54.5 Å². The predicted molar refractivity (Wildman–Crippen MR) is 85.6 cm³/mol. The molecule has 0 unspecified atom stereocenters. The number of hydrogen-bond acceptors (Lipinski definition) is 3. The zero-order valence-corrected chi connectivity index (χ0v) is 12.4. The van der Waals surface area contributed by atoms with E-state index in [4.69, 9.17) is 18.0 Å². The Balaban J connectivity index is 1.85. The van der Waals surface area contributed by atoms with Crippen LogP contribution in [0.4, 0.5) is 5.69 Å². The molecule has 0 aliphatic carbocycles. The number of amides is 1. The highest BCUT2D eigenvalue weighted by Gasteiger charge is 2.17. The van der Waals surface area contributed by atoms with E-state index in [1.165, 1.54) is 11.5 Å². The molecule has 0 radical (unpaired) electrons. The molecular formula is C14H18N2OS2. The van der Waals surface area contributed by atoms with Crippen molar-refractivity contribution in [2.45, 2.75) is 19.3 Å². The average Bonchev–Trinajstić information content (AvgIpc) is 2.40. The van der Waals surface area contributed by atoms with Gasteiger partial charge in [-0.3, -0.25) is 4.79 Å². The van der Waals surface area contributed by atoms with Crippen LogP contribution in [-0.2, 0) is 4.79 Å². The molecule has 1 aromatic carbocycles. The average molecular weight is 294 g/mol. The lowest BCUT2D eigenvalue weighted by molar-refractivity contribution is -0.117. The Morgan fingerprint density at radius 3 is 2.53 bits per heavy atom. The molecular weight excluding hydrogens is 276 g/mol. The maximum absolute atomic E-state index is 11.9. The molecule has 2 rings (SSSR count). The van der Waals surface area contributed by atoms with Gasteiger partial charge >= 0.3 is 0 Å². The van der Waals surface area contributed by atoms with Crippen LogP contribution in [0.5, 0.6) is 0 Å². The van der Waals surface area contributed by atoms with Gasteiger partial charge in [-0.25, -0.2) is 0 Å². The van der Waals surface area contributed by atoms with Crippen LogP contribution in [0.1, 0.15) is 24.8 Å². The normalized spacial score (nSPS) is 16.0. The second-order valence-electron chi connectivity index (χ2n) is 4.75. The van der Waals surface area contributed by atoms with Gasteiger partial charge in [0.25, 0.3) is 0 Å². The number of benzene rings is 1. The standard InChI is InChI=1S/C14H18N2OS2/c15-14(18)11-1-3-12(4-2-11)16-13(17)9-10-5-7-19-8-6-10/h1-4,10H,5-9H2,(H2,15,18)(H,16,17). The Hall–Kier alpha value is -1.07. The van der Waals surface area contributed by atoms with Crippen molar-refractivity contribution >= 4 is 40.6 Å². The third kappa shape index (κ3) is 4.51. The molecule has 1 aromatic rings. The minimum Gasteiger partial charge on any atom is -0.389 e. The van der Waals surface area contributed by atoms with Gasteiger partial charge in [-0.15, -0.1) is 0 Å². The molecule has 0 saturated carbocycles. The summed E-state index contributed by atoms with van der Waals surface area (Å²) in [5.41, 5.74) is 7.15. The lowest BCUT2D eigenvalue weighted by atomic mass is 9.98. The van der Waals surface area contributed by atoms with Crippen LogP contribution in [0, 0.1) is 5.92 Å². The van der Waals surface area contributed by atoms with Gasteiger partial charge < -0.3 is 11.1 Å². The van der Waals surface area contributed by atoms with E-state index in [-0.39, 0.29) is 5.91 Å². The largest absolute Gasteiger partial charge is 0.389 e. The molecule has 0 aromatic heterocycles. The summed E-state index contributed by atoms with van der Waals surface area (Å²) < 4.78 is 0. The fraction of sp³-hybridized carbons (Fsp3) is 0.429. The summed E-state index contributed by atoms with van der Waals surface area (Å²) >= 11 is 6.87. The predicted octanol–water partition coefficient (Wildman–Crippen LogP) is 2.79. The van der Waals surface area contributed by atoms with Crippen molar-refractivity contribution in [2.75, 3.05) is 16.8 Å². The van der Waals surface area contributed by atoms with E-state index in [0.29, 0.717) is 17.3 Å². The van der Waals surface area contributed by atoms with E-state index >= 15 is 0 Å². The zero-order chi connectivity index (χ0) is 13.7. The van der Waals surface area contributed by atoms with Gasteiger partial charge in [0.1, 0.15) is 4.99 Å². The first-order valence-electron chi connectivity index (χ1n) is 6.42. The maximum atomic E-state index is 11.9. The van der Waals surface area contributed by atoms with Gasteiger partial charge in [-0.1, -0.05) is 12.2 Å². The van der Waals surface area contributed by atoms with Gasteiger partial charge in [0, 0.05) is 17.7 Å². The van der Waals surface area contributed by atoms with E-state index in [9.17, 15) is 4.79 Å². The van der Waals surface area contributed by atoms with Crippen molar-refractivity contribution in [1.29, 1.82) is 0 Å². The molecule has 3 nitrogen and oxygen atoms in total. The van der Waals surface area contributed by atoms with Crippen LogP contribution in [0.15, 0.2) is 24.3 Å². The Kier molecular flexibility index (Phi) is 5.22. The highest BCUT2D eigenvalue weighted by Crippen LogP contribution is 2.25. The Morgan fingerprint density at radius 2 is 1.95 bits per heavy atom. The van der Waals surface area contributed by atoms with Crippen molar-refractivity contribution in [2.24, 2.45) is 11.7 Å². The maximum Gasteiger partial charge on any atom is 0.224 e. The number of hydrogen-bond donors (Lipinski definition) is 2. The summed E-state index contributed by atoms with van der Waals surface area (Å²) in [6, 6.07) is 7.33. The van der Waals surface area contributed by atoms with Crippen LogP contribution in [-0.4, -0.2) is 22.4 Å². The molecule has 1 amide bonds. The Bertz CT molecular complexity index is 453. The number of anilines is 1. The summed E-state index contributed by atoms with van der Waals surface area (Å²) in [6.45, 7) is 0. The first-order valence-corrected chi connectivity index (χ1v) is 7.99. The number of carbonyl (C=O) groups excluding carboxylic acids is 1. The molecule has 0 spiro atoms. The molecule has 5 heteroatoms. The van der Waals surface area contributed by atoms with Crippen LogP contribution in [0.2, 0.25) is 0 Å².